The van der Waals surface area contributed by atoms with Gasteiger partial charge in [-0.3, -0.25) is 0 Å². The highest BCUT2D eigenvalue weighted by Gasteiger charge is 2.34. The third-order valence-electron chi connectivity index (χ3n) is 4.84. The first-order chi connectivity index (χ1) is 10.1. The molecule has 4 unspecified atom stereocenters. The van der Waals surface area contributed by atoms with Crippen molar-refractivity contribution in [2.75, 3.05) is 6.61 Å². The molecule has 0 radical (unpaired) electrons. The molecule has 0 heterocycles. The van der Waals surface area contributed by atoms with E-state index in [0.29, 0.717) is 29.4 Å². The highest BCUT2D eigenvalue weighted by Crippen LogP contribution is 2.40. The molecule has 1 saturated carbocycles. The predicted molar refractivity (Wildman–Crippen MR) is 90.5 cm³/mol. The van der Waals surface area contributed by atoms with E-state index in [9.17, 15) is 9.90 Å². The van der Waals surface area contributed by atoms with Crippen LogP contribution in [0.15, 0.2) is 12.2 Å². The first-order valence-electron chi connectivity index (χ1n) is 8.64. The Hall–Kier alpha value is -0.830. The SMILES string of the molecule is C=C(C)C(=O)OCC1CCC(C(CC)CC(C)(C)C)CC1O. The van der Waals surface area contributed by atoms with Crippen LogP contribution in [0.2, 0.25) is 0 Å². The summed E-state index contributed by atoms with van der Waals surface area (Å²) in [5, 5.41) is 10.4. The zero-order chi connectivity index (χ0) is 16.9. The Kier molecular flexibility index (Phi) is 7.11. The first-order valence-corrected chi connectivity index (χ1v) is 8.64. The Morgan fingerprint density at radius 3 is 2.45 bits per heavy atom. The van der Waals surface area contributed by atoms with Gasteiger partial charge in [0.1, 0.15) is 0 Å². The second kappa shape index (κ2) is 8.14. The van der Waals surface area contributed by atoms with E-state index >= 15 is 0 Å². The molecule has 0 aromatic carbocycles. The summed E-state index contributed by atoms with van der Waals surface area (Å²) in [6.45, 7) is 14.7. The van der Waals surface area contributed by atoms with Crippen LogP contribution in [0, 0.1) is 23.2 Å². The average Bonchev–Trinajstić information content (AvgIpc) is 2.41. The monoisotopic (exact) mass is 310 g/mol. The maximum absolute atomic E-state index is 11.5. The lowest BCUT2D eigenvalue weighted by Gasteiger charge is -2.38. The summed E-state index contributed by atoms with van der Waals surface area (Å²) in [6.07, 6.45) is 4.92. The molecule has 0 spiro atoms. The highest BCUT2D eigenvalue weighted by atomic mass is 16.5. The van der Waals surface area contributed by atoms with Gasteiger partial charge in [0.2, 0.25) is 0 Å². The fourth-order valence-corrected chi connectivity index (χ4v) is 3.60. The number of aliphatic hydroxyl groups is 1. The van der Waals surface area contributed by atoms with Crippen LogP contribution in [0.25, 0.3) is 0 Å². The normalized spacial score (nSPS) is 27.3. The minimum atomic E-state index is -0.356. The number of aliphatic hydroxyl groups excluding tert-OH is 1. The zero-order valence-electron chi connectivity index (χ0n) is 15.0. The fraction of sp³-hybridized carbons (Fsp3) is 0.842. The third kappa shape index (κ3) is 6.12. The molecule has 1 aliphatic carbocycles. The molecule has 0 aromatic rings. The molecule has 1 aliphatic rings. The number of ether oxygens (including phenoxy) is 1. The first kappa shape index (κ1) is 19.2. The average molecular weight is 310 g/mol. The van der Waals surface area contributed by atoms with Crippen LogP contribution in [0.5, 0.6) is 0 Å². The number of carbonyl (C=O) groups excluding carboxylic acids is 1. The molecule has 0 aliphatic heterocycles. The summed E-state index contributed by atoms with van der Waals surface area (Å²) in [5.74, 6) is 0.987. The van der Waals surface area contributed by atoms with Gasteiger partial charge in [-0.1, -0.05) is 40.7 Å². The van der Waals surface area contributed by atoms with Crippen LogP contribution in [0.4, 0.5) is 0 Å². The number of carbonyl (C=O) groups is 1. The number of esters is 1. The summed E-state index contributed by atoms with van der Waals surface area (Å²) in [7, 11) is 0. The van der Waals surface area contributed by atoms with Gasteiger partial charge < -0.3 is 9.84 Å². The van der Waals surface area contributed by atoms with E-state index in [1.54, 1.807) is 6.92 Å². The molecular formula is C19H34O3. The molecule has 22 heavy (non-hydrogen) atoms. The molecule has 128 valence electrons. The molecule has 1 fully saturated rings. The molecule has 1 rings (SSSR count). The van der Waals surface area contributed by atoms with Crippen molar-refractivity contribution in [3.8, 4) is 0 Å². The predicted octanol–water partition coefficient (Wildman–Crippen LogP) is 4.35. The third-order valence-corrected chi connectivity index (χ3v) is 4.84. The summed E-state index contributed by atoms with van der Waals surface area (Å²) >= 11 is 0. The molecule has 0 amide bonds. The standard InChI is InChI=1S/C19H34O3/c1-7-14(11-19(4,5)6)15-8-9-16(17(20)10-15)12-22-18(21)13(2)3/h14-17,20H,2,7-12H2,1,3-6H3. The van der Waals surface area contributed by atoms with Crippen LogP contribution < -0.4 is 0 Å². The maximum atomic E-state index is 11.5. The molecule has 0 aromatic heterocycles. The minimum absolute atomic E-state index is 0.0756. The van der Waals surface area contributed by atoms with Crippen molar-refractivity contribution >= 4 is 5.97 Å². The molecule has 0 saturated heterocycles. The van der Waals surface area contributed by atoms with Gasteiger partial charge in [0.25, 0.3) is 0 Å². The molecule has 4 atom stereocenters. The van der Waals surface area contributed by atoms with E-state index in [1.807, 2.05) is 0 Å². The number of hydrogen-bond donors (Lipinski definition) is 1. The summed E-state index contributed by atoms with van der Waals surface area (Å²) in [5.41, 5.74) is 0.749. The summed E-state index contributed by atoms with van der Waals surface area (Å²) in [4.78, 5) is 11.5. The Balaban J connectivity index is 2.50. The van der Waals surface area contributed by atoms with Crippen molar-refractivity contribution in [2.24, 2.45) is 23.2 Å². The van der Waals surface area contributed by atoms with Crippen molar-refractivity contribution in [3.63, 3.8) is 0 Å². The maximum Gasteiger partial charge on any atom is 0.333 e. The van der Waals surface area contributed by atoms with Crippen LogP contribution in [-0.4, -0.2) is 23.8 Å². The molecule has 3 heteroatoms. The lowest BCUT2D eigenvalue weighted by atomic mass is 9.69. The van der Waals surface area contributed by atoms with Crippen LogP contribution in [-0.2, 0) is 9.53 Å². The van der Waals surface area contributed by atoms with Gasteiger partial charge in [-0.15, -0.1) is 0 Å². The second-order valence-corrected chi connectivity index (χ2v) is 8.21. The topological polar surface area (TPSA) is 46.5 Å². The number of rotatable bonds is 6. The Morgan fingerprint density at radius 2 is 2.00 bits per heavy atom. The largest absolute Gasteiger partial charge is 0.462 e. The highest BCUT2D eigenvalue weighted by molar-refractivity contribution is 5.86. The summed E-state index contributed by atoms with van der Waals surface area (Å²) < 4.78 is 5.22. The van der Waals surface area contributed by atoms with Gasteiger partial charge in [0.05, 0.1) is 12.7 Å². The van der Waals surface area contributed by atoms with Gasteiger partial charge in [-0.05, 0) is 49.9 Å². The lowest BCUT2D eigenvalue weighted by molar-refractivity contribution is -0.142. The van der Waals surface area contributed by atoms with Gasteiger partial charge in [-0.2, -0.15) is 0 Å². The van der Waals surface area contributed by atoms with Gasteiger partial charge in [0, 0.05) is 11.5 Å². The van der Waals surface area contributed by atoms with E-state index in [4.69, 9.17) is 4.74 Å². The molecule has 0 bridgehead atoms. The van der Waals surface area contributed by atoms with Gasteiger partial charge in [-0.25, -0.2) is 4.79 Å². The van der Waals surface area contributed by atoms with Gasteiger partial charge in [0.15, 0.2) is 0 Å². The van der Waals surface area contributed by atoms with Crippen LogP contribution in [0.3, 0.4) is 0 Å². The van der Waals surface area contributed by atoms with E-state index in [0.717, 1.165) is 19.3 Å². The zero-order valence-corrected chi connectivity index (χ0v) is 15.0. The van der Waals surface area contributed by atoms with Crippen LogP contribution >= 0.6 is 0 Å². The second-order valence-electron chi connectivity index (χ2n) is 8.21. The van der Waals surface area contributed by atoms with Crippen molar-refractivity contribution in [1.82, 2.24) is 0 Å². The van der Waals surface area contributed by atoms with E-state index < -0.39 is 0 Å². The van der Waals surface area contributed by atoms with Gasteiger partial charge >= 0.3 is 5.97 Å². The van der Waals surface area contributed by atoms with Crippen LogP contribution in [0.1, 0.15) is 66.7 Å². The van der Waals surface area contributed by atoms with E-state index in [1.165, 1.54) is 12.8 Å². The van der Waals surface area contributed by atoms with E-state index in [2.05, 4.69) is 34.3 Å². The smallest absolute Gasteiger partial charge is 0.333 e. The number of hydrogen-bond acceptors (Lipinski definition) is 3. The quantitative estimate of drug-likeness (QED) is 0.586. The summed E-state index contributed by atoms with van der Waals surface area (Å²) in [6, 6.07) is 0. The Labute approximate surface area is 136 Å². The molecular weight excluding hydrogens is 276 g/mol. The molecule has 3 nitrogen and oxygen atoms in total. The van der Waals surface area contributed by atoms with Crippen molar-refractivity contribution in [1.29, 1.82) is 0 Å². The van der Waals surface area contributed by atoms with Crippen molar-refractivity contribution < 1.29 is 14.6 Å². The minimum Gasteiger partial charge on any atom is -0.462 e. The molecule has 1 N–H and O–H groups in total. The Morgan fingerprint density at radius 1 is 1.36 bits per heavy atom. The Bertz CT molecular complexity index is 381. The van der Waals surface area contributed by atoms with Crippen molar-refractivity contribution in [2.45, 2.75) is 72.8 Å². The van der Waals surface area contributed by atoms with Crippen molar-refractivity contribution in [3.05, 3.63) is 12.2 Å². The van der Waals surface area contributed by atoms with E-state index in [-0.39, 0.29) is 18.0 Å². The fourth-order valence-electron chi connectivity index (χ4n) is 3.60. The lowest BCUT2D eigenvalue weighted by Crippen LogP contribution is -2.36.